The maximum Gasteiger partial charge on any atom is 0.293 e. The zero-order chi connectivity index (χ0) is 22.8. The smallest absolute Gasteiger partial charge is 0.293 e. The topological polar surface area (TPSA) is 65.1 Å². The molecule has 0 unspecified atom stereocenters. The van der Waals surface area contributed by atoms with Crippen molar-refractivity contribution in [2.24, 2.45) is 0 Å². The van der Waals surface area contributed by atoms with Gasteiger partial charge in [0.15, 0.2) is 11.5 Å². The van der Waals surface area contributed by atoms with Gasteiger partial charge in [0, 0.05) is 5.56 Å². The fourth-order valence-electron chi connectivity index (χ4n) is 3.44. The molecule has 0 radical (unpaired) electrons. The molecule has 0 bridgehead atoms. The van der Waals surface area contributed by atoms with Crippen molar-refractivity contribution in [3.05, 3.63) is 94.1 Å². The van der Waals surface area contributed by atoms with Gasteiger partial charge in [-0.1, -0.05) is 36.4 Å². The number of ether oxygens (including phenoxy) is 3. The number of imide groups is 1. The minimum atomic E-state index is -0.447. The SMILES string of the molecule is O=C1S/C(=C\c2ccc(OCc3ccc4c(c3)OCO4)cc2)C(=O)N1Cc1ccccc1F. The van der Waals surface area contributed by atoms with Gasteiger partial charge in [-0.3, -0.25) is 14.5 Å². The number of carbonyl (C=O) groups excluding carboxylic acids is 2. The lowest BCUT2D eigenvalue weighted by molar-refractivity contribution is -0.123. The summed E-state index contributed by atoms with van der Waals surface area (Å²) in [7, 11) is 0. The van der Waals surface area contributed by atoms with E-state index in [4.69, 9.17) is 14.2 Å². The predicted octanol–water partition coefficient (Wildman–Crippen LogP) is 5.37. The van der Waals surface area contributed by atoms with Crippen molar-refractivity contribution >= 4 is 29.0 Å². The van der Waals surface area contributed by atoms with Crippen LogP contribution in [0.15, 0.2) is 71.6 Å². The molecule has 2 amide bonds. The van der Waals surface area contributed by atoms with Crippen LogP contribution in [0.25, 0.3) is 6.08 Å². The Morgan fingerprint density at radius 3 is 2.61 bits per heavy atom. The van der Waals surface area contributed by atoms with Gasteiger partial charge in [0.05, 0.1) is 11.4 Å². The highest BCUT2D eigenvalue weighted by molar-refractivity contribution is 8.18. The summed E-state index contributed by atoms with van der Waals surface area (Å²) in [5, 5.41) is -0.418. The third kappa shape index (κ3) is 4.56. The van der Waals surface area contributed by atoms with E-state index in [1.165, 1.54) is 6.07 Å². The van der Waals surface area contributed by atoms with Crippen LogP contribution in [-0.2, 0) is 17.9 Å². The van der Waals surface area contributed by atoms with Crippen molar-refractivity contribution in [3.63, 3.8) is 0 Å². The fourth-order valence-corrected chi connectivity index (χ4v) is 4.28. The zero-order valence-electron chi connectivity index (χ0n) is 17.3. The van der Waals surface area contributed by atoms with Crippen LogP contribution in [-0.4, -0.2) is 22.8 Å². The van der Waals surface area contributed by atoms with Crippen molar-refractivity contribution in [1.82, 2.24) is 4.90 Å². The number of carbonyl (C=O) groups is 2. The summed E-state index contributed by atoms with van der Waals surface area (Å²) in [4.78, 5) is 26.4. The summed E-state index contributed by atoms with van der Waals surface area (Å²) in [6.07, 6.45) is 1.65. The summed E-state index contributed by atoms with van der Waals surface area (Å²) in [6, 6.07) is 18.9. The Labute approximate surface area is 193 Å². The van der Waals surface area contributed by atoms with E-state index >= 15 is 0 Å². The second-order valence-electron chi connectivity index (χ2n) is 7.40. The lowest BCUT2D eigenvalue weighted by Crippen LogP contribution is -2.27. The molecule has 0 aliphatic carbocycles. The highest BCUT2D eigenvalue weighted by atomic mass is 32.2. The van der Waals surface area contributed by atoms with Gasteiger partial charge in [-0.15, -0.1) is 0 Å². The molecule has 1 fully saturated rings. The lowest BCUT2D eigenvalue weighted by Gasteiger charge is -2.12. The first kappa shape index (κ1) is 21.1. The largest absolute Gasteiger partial charge is 0.489 e. The van der Waals surface area contributed by atoms with Gasteiger partial charge in [0.1, 0.15) is 18.2 Å². The summed E-state index contributed by atoms with van der Waals surface area (Å²) >= 11 is 0.846. The average Bonchev–Trinajstić information content (AvgIpc) is 3.39. The minimum absolute atomic E-state index is 0.0959. The summed E-state index contributed by atoms with van der Waals surface area (Å²) in [5.41, 5.74) is 2.00. The Balaban J connectivity index is 1.23. The van der Waals surface area contributed by atoms with E-state index in [0.717, 1.165) is 33.5 Å². The van der Waals surface area contributed by atoms with Crippen molar-refractivity contribution in [2.45, 2.75) is 13.2 Å². The maximum atomic E-state index is 13.9. The van der Waals surface area contributed by atoms with Crippen molar-refractivity contribution in [3.8, 4) is 17.2 Å². The Kier molecular flexibility index (Phi) is 5.75. The second kappa shape index (κ2) is 8.99. The number of thioether (sulfide) groups is 1. The third-order valence-electron chi connectivity index (χ3n) is 5.18. The van der Waals surface area contributed by atoms with Crippen LogP contribution in [0, 0.1) is 5.82 Å². The molecule has 0 N–H and O–H groups in total. The molecule has 3 aromatic carbocycles. The van der Waals surface area contributed by atoms with E-state index in [9.17, 15) is 14.0 Å². The van der Waals surface area contributed by atoms with Crippen LogP contribution >= 0.6 is 11.8 Å². The van der Waals surface area contributed by atoms with E-state index in [1.54, 1.807) is 48.5 Å². The van der Waals surface area contributed by atoms with Crippen LogP contribution in [0.2, 0.25) is 0 Å². The number of benzene rings is 3. The Bertz CT molecular complexity index is 1260. The Morgan fingerprint density at radius 2 is 1.79 bits per heavy atom. The first-order valence-electron chi connectivity index (χ1n) is 10.2. The summed E-state index contributed by atoms with van der Waals surface area (Å²) < 4.78 is 30.4. The molecular weight excluding hydrogens is 445 g/mol. The molecule has 0 atom stereocenters. The zero-order valence-corrected chi connectivity index (χ0v) is 18.1. The molecule has 2 aliphatic heterocycles. The summed E-state index contributed by atoms with van der Waals surface area (Å²) in [5.74, 6) is 1.21. The Morgan fingerprint density at radius 1 is 1.00 bits per heavy atom. The van der Waals surface area contributed by atoms with Crippen molar-refractivity contribution in [1.29, 1.82) is 0 Å². The van der Waals surface area contributed by atoms with Crippen LogP contribution in [0.1, 0.15) is 16.7 Å². The van der Waals surface area contributed by atoms with Crippen molar-refractivity contribution in [2.75, 3.05) is 6.79 Å². The maximum absolute atomic E-state index is 13.9. The Hall–Kier alpha value is -3.78. The van der Waals surface area contributed by atoms with Gasteiger partial charge in [-0.05, 0) is 59.3 Å². The molecule has 0 aromatic heterocycles. The number of hydrogen-bond acceptors (Lipinski definition) is 6. The predicted molar refractivity (Wildman–Crippen MR) is 121 cm³/mol. The normalized spacial score (nSPS) is 16.0. The average molecular weight is 463 g/mol. The number of amides is 2. The van der Waals surface area contributed by atoms with Crippen LogP contribution in [0.3, 0.4) is 0 Å². The number of fused-ring (bicyclic) bond motifs is 1. The third-order valence-corrected chi connectivity index (χ3v) is 6.09. The molecular formula is C25H18FNO5S. The van der Waals surface area contributed by atoms with Gasteiger partial charge in [0.25, 0.3) is 11.1 Å². The monoisotopic (exact) mass is 463 g/mol. The first-order chi connectivity index (χ1) is 16.1. The molecule has 1 saturated heterocycles. The first-order valence-corrected chi connectivity index (χ1v) is 11.0. The second-order valence-corrected chi connectivity index (χ2v) is 8.40. The molecule has 0 saturated carbocycles. The molecule has 166 valence electrons. The highest BCUT2D eigenvalue weighted by Crippen LogP contribution is 2.34. The molecule has 8 heteroatoms. The molecule has 0 spiro atoms. The number of hydrogen-bond donors (Lipinski definition) is 0. The molecule has 5 rings (SSSR count). The fraction of sp³-hybridized carbons (Fsp3) is 0.120. The lowest BCUT2D eigenvalue weighted by atomic mass is 10.2. The molecule has 6 nitrogen and oxygen atoms in total. The van der Waals surface area contributed by atoms with E-state index in [0.29, 0.717) is 28.6 Å². The van der Waals surface area contributed by atoms with Gasteiger partial charge in [-0.2, -0.15) is 0 Å². The van der Waals surface area contributed by atoms with E-state index in [1.807, 2.05) is 18.2 Å². The number of rotatable bonds is 6. The van der Waals surface area contributed by atoms with Crippen LogP contribution in [0.4, 0.5) is 9.18 Å². The van der Waals surface area contributed by atoms with Crippen LogP contribution in [0.5, 0.6) is 17.2 Å². The van der Waals surface area contributed by atoms with E-state index in [2.05, 4.69) is 0 Å². The van der Waals surface area contributed by atoms with E-state index in [-0.39, 0.29) is 13.3 Å². The molecule has 33 heavy (non-hydrogen) atoms. The number of nitrogens with zero attached hydrogens (tertiary/aromatic N) is 1. The molecule has 3 aromatic rings. The van der Waals surface area contributed by atoms with Gasteiger partial charge in [0.2, 0.25) is 6.79 Å². The number of halogens is 1. The van der Waals surface area contributed by atoms with Crippen molar-refractivity contribution < 1.29 is 28.2 Å². The van der Waals surface area contributed by atoms with Crippen LogP contribution < -0.4 is 14.2 Å². The van der Waals surface area contributed by atoms with Gasteiger partial charge >= 0.3 is 0 Å². The van der Waals surface area contributed by atoms with E-state index < -0.39 is 17.0 Å². The molecule has 2 aliphatic rings. The standard InChI is InChI=1S/C25H18FNO5S/c26-20-4-2-1-3-18(20)13-27-24(28)23(33-25(27)29)12-16-5-8-19(9-6-16)30-14-17-7-10-21-22(11-17)32-15-31-21/h1-12H,13-15H2/b23-12-. The highest BCUT2D eigenvalue weighted by Gasteiger charge is 2.35. The minimum Gasteiger partial charge on any atom is -0.489 e. The quantitative estimate of drug-likeness (QED) is 0.458. The van der Waals surface area contributed by atoms with Gasteiger partial charge in [-0.25, -0.2) is 4.39 Å². The summed E-state index contributed by atoms with van der Waals surface area (Å²) in [6.45, 7) is 0.496. The van der Waals surface area contributed by atoms with Gasteiger partial charge < -0.3 is 14.2 Å². The molecule has 2 heterocycles.